The average molecular weight is 1210 g/mol. The van der Waals surface area contributed by atoms with Crippen molar-refractivity contribution in [3.8, 4) is 0 Å². The molecule has 12 aromatic carbocycles. The molecule has 4 aliphatic heterocycles. The Hall–Kier alpha value is -9.42. The summed E-state index contributed by atoms with van der Waals surface area (Å²) in [7, 11) is 0. The van der Waals surface area contributed by atoms with E-state index in [0.717, 1.165) is 82.2 Å². The van der Waals surface area contributed by atoms with Gasteiger partial charge in [0.15, 0.2) is 43.3 Å². The summed E-state index contributed by atoms with van der Waals surface area (Å²) in [6.07, 6.45) is 9.10. The van der Waals surface area contributed by atoms with Crippen LogP contribution >= 0.6 is 0 Å². The zero-order chi connectivity index (χ0) is 63.2. The van der Waals surface area contributed by atoms with E-state index in [9.17, 15) is 19.2 Å². The number of carbonyl (C=O) groups excluding carboxylic acids is 4. The molecule has 0 unspecified atom stereocenters. The fourth-order valence-electron chi connectivity index (χ4n) is 14.3. The van der Waals surface area contributed by atoms with E-state index in [1.807, 2.05) is 133 Å². The number of rotatable bonds is 12. The van der Waals surface area contributed by atoms with Crippen molar-refractivity contribution in [1.29, 1.82) is 0 Å². The Morgan fingerprint density at radius 3 is 1.06 bits per heavy atom. The Morgan fingerprint density at radius 1 is 0.323 bits per heavy atom. The van der Waals surface area contributed by atoms with Crippen LogP contribution in [0.2, 0.25) is 46.3 Å². The quantitative estimate of drug-likeness (QED) is 0.0900. The van der Waals surface area contributed by atoms with Gasteiger partial charge >= 0.3 is 6.92 Å². The van der Waals surface area contributed by atoms with Crippen molar-refractivity contribution in [3.63, 3.8) is 0 Å². The summed E-state index contributed by atoms with van der Waals surface area (Å²) >= 11 is 0. The molecule has 0 saturated heterocycles. The van der Waals surface area contributed by atoms with Crippen LogP contribution in [0.5, 0.6) is 0 Å². The molecule has 16 rings (SSSR count). The van der Waals surface area contributed by atoms with Crippen molar-refractivity contribution < 1.29 is 23.8 Å². The van der Waals surface area contributed by atoms with Crippen LogP contribution in [0.4, 0.5) is 0 Å². The Morgan fingerprint density at radius 2 is 0.656 bits per heavy atom. The van der Waals surface area contributed by atoms with Crippen molar-refractivity contribution in [2.75, 3.05) is 0 Å². The van der Waals surface area contributed by atoms with E-state index in [2.05, 4.69) is 136 Å². The summed E-state index contributed by atoms with van der Waals surface area (Å²) in [4.78, 5) is 50.9. The van der Waals surface area contributed by atoms with E-state index in [4.69, 9.17) is 4.65 Å². The van der Waals surface area contributed by atoms with Crippen molar-refractivity contribution >= 4 is 115 Å². The fraction of sp³-hybridized carbons (Fsp3) is 0.190. The van der Waals surface area contributed by atoms with Crippen LogP contribution in [0.25, 0.3) is 43.1 Å². The Bertz CT molecular complexity index is 4470. The minimum absolute atomic E-state index is 0. The molecule has 0 radical (unpaired) electrons. The molecule has 12 aromatic rings. The first-order valence-electron chi connectivity index (χ1n) is 33.0. The molecule has 93 heavy (non-hydrogen) atoms. The number of Topliss-reactive ketones (excluding diaryl/α,β-unsaturated/α-hetero) is 4. The molecule has 5 nitrogen and oxygen atoms in total. The highest BCUT2D eigenvalue weighted by molar-refractivity contribution is 6.74. The lowest BCUT2D eigenvalue weighted by Gasteiger charge is -2.08. The maximum atomic E-state index is 12.8. The highest BCUT2D eigenvalue weighted by Gasteiger charge is 2.26. The van der Waals surface area contributed by atoms with Gasteiger partial charge in [0.05, 0.1) is 6.61 Å². The molecular formula is C84H78B4O5. The molecule has 0 bridgehead atoms. The van der Waals surface area contributed by atoms with Crippen molar-refractivity contribution in [2.24, 2.45) is 0 Å². The summed E-state index contributed by atoms with van der Waals surface area (Å²) in [5, 5.41) is 8.92. The molecule has 9 heteroatoms. The molecule has 0 atom stereocenters. The van der Waals surface area contributed by atoms with E-state index in [0.29, 0.717) is 52.4 Å². The van der Waals surface area contributed by atoms with Crippen molar-refractivity contribution in [1.82, 2.24) is 0 Å². The summed E-state index contributed by atoms with van der Waals surface area (Å²) < 4.78 is 5.63. The van der Waals surface area contributed by atoms with Crippen LogP contribution in [0, 0.1) is 0 Å². The number of ketones is 4. The maximum absolute atomic E-state index is 12.8. The Kier molecular flexibility index (Phi) is 19.6. The molecule has 4 aliphatic rings. The van der Waals surface area contributed by atoms with Gasteiger partial charge in [-0.25, -0.2) is 0 Å². The summed E-state index contributed by atoms with van der Waals surface area (Å²) in [6, 6.07) is 82.3. The first-order chi connectivity index (χ1) is 44.8. The van der Waals surface area contributed by atoms with Gasteiger partial charge in [0.2, 0.25) is 0 Å². The minimum Gasteiger partial charge on any atom is -0.427 e. The van der Waals surface area contributed by atoms with E-state index in [-0.39, 0.29) is 37.5 Å². The van der Waals surface area contributed by atoms with E-state index in [1.165, 1.54) is 87.7 Å². The lowest BCUT2D eigenvalue weighted by Crippen LogP contribution is -2.24. The molecule has 0 aliphatic carbocycles. The van der Waals surface area contributed by atoms with E-state index in [1.54, 1.807) is 0 Å². The van der Waals surface area contributed by atoms with E-state index < -0.39 is 0 Å². The molecule has 0 amide bonds. The van der Waals surface area contributed by atoms with Gasteiger partial charge in [0, 0.05) is 47.9 Å². The zero-order valence-corrected chi connectivity index (χ0v) is 53.2. The maximum Gasteiger partial charge on any atom is 0.324 e. The third kappa shape index (κ3) is 14.5. The third-order valence-corrected chi connectivity index (χ3v) is 19.7. The largest absolute Gasteiger partial charge is 0.427 e. The van der Waals surface area contributed by atoms with Crippen molar-refractivity contribution in [3.05, 3.63) is 309 Å². The van der Waals surface area contributed by atoms with Crippen LogP contribution in [0.1, 0.15) is 93.4 Å². The monoisotopic (exact) mass is 1210 g/mol. The zero-order valence-electron chi connectivity index (χ0n) is 53.2. The molecule has 0 fully saturated rings. The molecule has 456 valence electrons. The number of benzene rings is 12. The van der Waals surface area contributed by atoms with Gasteiger partial charge in [-0.3, -0.25) is 19.2 Å². The number of hydrogen-bond donors (Lipinski definition) is 0. The van der Waals surface area contributed by atoms with Crippen LogP contribution in [0.15, 0.2) is 243 Å². The molecule has 0 aromatic heterocycles. The number of carbonyl (C=O) groups is 4. The van der Waals surface area contributed by atoms with Gasteiger partial charge in [0.1, 0.15) is 0 Å². The van der Waals surface area contributed by atoms with Gasteiger partial charge in [-0.1, -0.05) is 317 Å². The standard InChI is InChI=1S/3C21H19BO.C20H17BO2.CH4/c2*1-22-12-11-17-10-9-15(13-20(17)22)14-21(23)19-8-4-6-16-5-2-3-7-18(16)19;1-22-11-10-17-7-6-15(12-20(17)22)13-21(23)19-9-8-16-4-2-3-5-18(16)14-19;1-21-19-10-14(6-7-18(19)13-23-21)11-20(22)17-9-8-15-4-2-3-5-16(15)12-17;/h2*2-10,13H,11-12,14H2,1H3;2-9,12,14H,10-11,13H2,1H3;2-10,12H,11,13H2,1H3;1H4. The highest BCUT2D eigenvalue weighted by atomic mass is 16.4. The first kappa shape index (κ1) is 63.7. The highest BCUT2D eigenvalue weighted by Crippen LogP contribution is 2.26. The Labute approximate surface area is 550 Å². The predicted molar refractivity (Wildman–Crippen MR) is 396 cm³/mol. The first-order valence-corrected chi connectivity index (χ1v) is 33.0. The van der Waals surface area contributed by atoms with Crippen LogP contribution in [-0.4, -0.2) is 50.2 Å². The average Bonchev–Trinajstić information content (AvgIpc) is 2.38. The van der Waals surface area contributed by atoms with Crippen LogP contribution in [-0.2, 0) is 56.2 Å². The van der Waals surface area contributed by atoms with Gasteiger partial charge in [-0.05, 0) is 108 Å². The second kappa shape index (κ2) is 28.6. The summed E-state index contributed by atoms with van der Waals surface area (Å²) in [6.45, 7) is 11.6. The van der Waals surface area contributed by atoms with Crippen LogP contribution < -0.4 is 21.9 Å². The number of aryl methyl sites for hydroxylation is 3. The SMILES string of the molecule is C.CB1CCc2ccc(CC(=O)c3ccc4ccccc4c3)cc21.CB1CCc2ccc(CC(=O)c3cccc4ccccc34)cc21.CB1CCc2ccc(CC(=O)c3cccc4ccccc34)cc21.CB1OCc2ccc(CC(=O)c3ccc4ccccc4c3)cc21. The molecule has 0 N–H and O–H groups in total. The number of fused-ring (bicyclic) bond motifs is 8. The molecular weight excluding hydrogens is 1130 g/mol. The summed E-state index contributed by atoms with van der Waals surface area (Å²) in [5.41, 5.74) is 18.8. The Balaban J connectivity index is 0.000000119. The molecule has 0 saturated carbocycles. The molecule has 0 spiro atoms. The second-order valence-electron chi connectivity index (χ2n) is 26.0. The van der Waals surface area contributed by atoms with Gasteiger partial charge in [-0.2, -0.15) is 0 Å². The lowest BCUT2D eigenvalue weighted by atomic mass is 9.48. The second-order valence-corrected chi connectivity index (χ2v) is 26.0. The fourth-order valence-corrected chi connectivity index (χ4v) is 14.3. The lowest BCUT2D eigenvalue weighted by molar-refractivity contribution is 0.0985. The summed E-state index contributed by atoms with van der Waals surface area (Å²) in [5.74, 6) is 0.753. The minimum atomic E-state index is 0. The third-order valence-electron chi connectivity index (χ3n) is 19.7. The predicted octanol–water partition coefficient (Wildman–Crippen LogP) is 16.7. The van der Waals surface area contributed by atoms with Crippen molar-refractivity contribution in [2.45, 2.75) is 105 Å². The molecule has 4 heterocycles. The van der Waals surface area contributed by atoms with Gasteiger partial charge in [0.25, 0.3) is 0 Å². The van der Waals surface area contributed by atoms with Crippen LogP contribution in [0.3, 0.4) is 0 Å². The van der Waals surface area contributed by atoms with Gasteiger partial charge in [-0.15, -0.1) is 0 Å². The number of hydrogen-bond acceptors (Lipinski definition) is 5. The topological polar surface area (TPSA) is 77.5 Å². The van der Waals surface area contributed by atoms with E-state index >= 15 is 0 Å². The normalized spacial score (nSPS) is 13.2. The van der Waals surface area contributed by atoms with Gasteiger partial charge < -0.3 is 4.65 Å². The smallest absolute Gasteiger partial charge is 0.324 e.